The normalized spacial score (nSPS) is 21.4. The smallest absolute Gasteiger partial charge is 0.169 e. The van der Waals surface area contributed by atoms with Crippen molar-refractivity contribution < 1.29 is 0 Å². The quantitative estimate of drug-likeness (QED) is 0.849. The van der Waals surface area contributed by atoms with Crippen molar-refractivity contribution in [1.82, 2.24) is 19.5 Å². The van der Waals surface area contributed by atoms with Crippen molar-refractivity contribution in [3.63, 3.8) is 0 Å². The number of rotatable bonds is 2. The minimum absolute atomic E-state index is 0.705. The molecule has 0 bridgehead atoms. The van der Waals surface area contributed by atoms with Gasteiger partial charge in [0.2, 0.25) is 0 Å². The van der Waals surface area contributed by atoms with Crippen LogP contribution in [-0.4, -0.2) is 39.6 Å². The molecule has 0 aliphatic carbocycles. The lowest BCUT2D eigenvalue weighted by atomic mass is 10.1. The summed E-state index contributed by atoms with van der Waals surface area (Å²) in [6.45, 7) is 2.36. The highest BCUT2D eigenvalue weighted by atomic mass is 79.9. The summed E-state index contributed by atoms with van der Waals surface area (Å²) in [5.74, 6) is 1.66. The number of fused-ring (bicyclic) bond motifs is 1. The van der Waals surface area contributed by atoms with Crippen LogP contribution in [0.5, 0.6) is 0 Å². The molecule has 3 rings (SSSR count). The van der Waals surface area contributed by atoms with E-state index in [0.717, 1.165) is 28.9 Å². The van der Waals surface area contributed by atoms with E-state index in [2.05, 4.69) is 38.0 Å². The van der Waals surface area contributed by atoms with Crippen LogP contribution in [-0.2, 0) is 6.42 Å². The molecule has 1 aliphatic rings. The zero-order valence-electron chi connectivity index (χ0n) is 9.80. The largest absolute Gasteiger partial charge is 0.306 e. The number of nitrogens with zero attached hydrogens (tertiary/aromatic N) is 4. The molecule has 0 spiro atoms. The maximum atomic E-state index is 4.59. The Morgan fingerprint density at radius 1 is 1.53 bits per heavy atom. The summed E-state index contributed by atoms with van der Waals surface area (Å²) in [6.07, 6.45) is 4.18. The van der Waals surface area contributed by atoms with Crippen LogP contribution in [0, 0.1) is 5.92 Å². The van der Waals surface area contributed by atoms with Crippen LogP contribution in [0.4, 0.5) is 0 Å². The van der Waals surface area contributed by atoms with Gasteiger partial charge in [0.1, 0.15) is 0 Å². The monoisotopic (exact) mass is 294 g/mol. The van der Waals surface area contributed by atoms with E-state index in [9.17, 15) is 0 Å². The molecular formula is C12H15BrN4. The number of pyridine rings is 1. The van der Waals surface area contributed by atoms with E-state index in [1.165, 1.54) is 13.0 Å². The van der Waals surface area contributed by atoms with Gasteiger partial charge < -0.3 is 4.90 Å². The third-order valence-corrected chi connectivity index (χ3v) is 3.94. The molecule has 1 unspecified atom stereocenters. The summed E-state index contributed by atoms with van der Waals surface area (Å²) >= 11 is 3.50. The highest BCUT2D eigenvalue weighted by molar-refractivity contribution is 9.10. The zero-order chi connectivity index (χ0) is 11.8. The predicted octanol–water partition coefficient (Wildman–Crippen LogP) is 1.99. The Kier molecular flexibility index (Phi) is 2.88. The van der Waals surface area contributed by atoms with E-state index in [4.69, 9.17) is 0 Å². The van der Waals surface area contributed by atoms with Crippen LogP contribution in [0.25, 0.3) is 5.65 Å². The first-order valence-corrected chi connectivity index (χ1v) is 6.70. The van der Waals surface area contributed by atoms with Crippen molar-refractivity contribution in [2.24, 2.45) is 5.92 Å². The summed E-state index contributed by atoms with van der Waals surface area (Å²) in [4.78, 5) is 6.96. The highest BCUT2D eigenvalue weighted by Crippen LogP contribution is 2.20. The van der Waals surface area contributed by atoms with Gasteiger partial charge in [-0.25, -0.2) is 9.50 Å². The predicted molar refractivity (Wildman–Crippen MR) is 70.0 cm³/mol. The fourth-order valence-electron chi connectivity index (χ4n) is 2.46. The van der Waals surface area contributed by atoms with Crippen LogP contribution in [0.2, 0.25) is 0 Å². The van der Waals surface area contributed by atoms with E-state index in [0.29, 0.717) is 5.92 Å². The Balaban J connectivity index is 1.84. The first kappa shape index (κ1) is 11.2. The average Bonchev–Trinajstić information content (AvgIpc) is 2.86. The third-order valence-electron chi connectivity index (χ3n) is 3.32. The van der Waals surface area contributed by atoms with Crippen molar-refractivity contribution >= 4 is 21.6 Å². The second-order valence-corrected chi connectivity index (χ2v) is 5.63. The second kappa shape index (κ2) is 4.38. The van der Waals surface area contributed by atoms with Crippen molar-refractivity contribution in [2.75, 3.05) is 20.1 Å². The summed E-state index contributed by atoms with van der Waals surface area (Å²) < 4.78 is 2.85. The van der Waals surface area contributed by atoms with Crippen LogP contribution in [0.15, 0.2) is 22.8 Å². The summed E-state index contributed by atoms with van der Waals surface area (Å²) in [7, 11) is 2.17. The number of hydrogen-bond donors (Lipinski definition) is 0. The molecule has 0 amide bonds. The molecule has 5 heteroatoms. The summed E-state index contributed by atoms with van der Waals surface area (Å²) in [5, 5.41) is 4.52. The first-order chi connectivity index (χ1) is 8.22. The van der Waals surface area contributed by atoms with E-state index in [-0.39, 0.29) is 0 Å². The van der Waals surface area contributed by atoms with Crippen LogP contribution >= 0.6 is 15.9 Å². The number of likely N-dealkylation sites (tertiary alicyclic amines) is 1. The molecule has 2 aromatic heterocycles. The number of halogens is 1. The maximum Gasteiger partial charge on any atom is 0.169 e. The molecule has 1 atom stereocenters. The van der Waals surface area contributed by atoms with Crippen LogP contribution in [0.3, 0.4) is 0 Å². The fraction of sp³-hybridized carbons (Fsp3) is 0.500. The molecule has 0 saturated carbocycles. The Hall–Kier alpha value is -0.940. The van der Waals surface area contributed by atoms with E-state index < -0.39 is 0 Å². The number of hydrogen-bond acceptors (Lipinski definition) is 3. The SMILES string of the molecule is CN1CCC(Cc2nc3c(Br)cccn3n2)C1. The minimum Gasteiger partial charge on any atom is -0.306 e. The highest BCUT2D eigenvalue weighted by Gasteiger charge is 2.21. The third kappa shape index (κ3) is 2.21. The lowest BCUT2D eigenvalue weighted by molar-refractivity contribution is 0.392. The van der Waals surface area contributed by atoms with Gasteiger partial charge in [-0.15, -0.1) is 0 Å². The lowest BCUT2D eigenvalue weighted by Gasteiger charge is -2.07. The van der Waals surface area contributed by atoms with Crippen molar-refractivity contribution in [1.29, 1.82) is 0 Å². The van der Waals surface area contributed by atoms with Gasteiger partial charge in [-0.1, -0.05) is 0 Å². The lowest BCUT2D eigenvalue weighted by Crippen LogP contribution is -2.15. The first-order valence-electron chi connectivity index (χ1n) is 5.90. The van der Waals surface area contributed by atoms with Gasteiger partial charge in [-0.05, 0) is 54.0 Å². The Morgan fingerprint density at radius 3 is 3.12 bits per heavy atom. The second-order valence-electron chi connectivity index (χ2n) is 4.77. The fourth-order valence-corrected chi connectivity index (χ4v) is 2.88. The van der Waals surface area contributed by atoms with Crippen molar-refractivity contribution in [3.8, 4) is 0 Å². The van der Waals surface area contributed by atoms with Gasteiger partial charge in [-0.3, -0.25) is 0 Å². The molecule has 0 radical (unpaired) electrons. The van der Waals surface area contributed by atoms with Crippen molar-refractivity contribution in [2.45, 2.75) is 12.8 Å². The van der Waals surface area contributed by atoms with Gasteiger partial charge in [0.05, 0.1) is 4.47 Å². The van der Waals surface area contributed by atoms with Gasteiger partial charge >= 0.3 is 0 Å². The van der Waals surface area contributed by atoms with E-state index >= 15 is 0 Å². The molecule has 1 aliphatic heterocycles. The molecule has 0 N–H and O–H groups in total. The molecule has 2 aromatic rings. The van der Waals surface area contributed by atoms with Gasteiger partial charge in [0.25, 0.3) is 0 Å². The zero-order valence-corrected chi connectivity index (χ0v) is 11.4. The molecule has 4 nitrogen and oxygen atoms in total. The molecule has 17 heavy (non-hydrogen) atoms. The van der Waals surface area contributed by atoms with Crippen LogP contribution in [0.1, 0.15) is 12.2 Å². The average molecular weight is 295 g/mol. The Bertz CT molecular complexity index is 536. The van der Waals surface area contributed by atoms with Crippen LogP contribution < -0.4 is 0 Å². The van der Waals surface area contributed by atoms with Gasteiger partial charge in [-0.2, -0.15) is 5.10 Å². The topological polar surface area (TPSA) is 33.4 Å². The Morgan fingerprint density at radius 2 is 2.41 bits per heavy atom. The summed E-state index contributed by atoms with van der Waals surface area (Å²) in [6, 6.07) is 3.97. The summed E-state index contributed by atoms with van der Waals surface area (Å²) in [5.41, 5.74) is 0.911. The Labute approximate surface area is 109 Å². The van der Waals surface area contributed by atoms with Gasteiger partial charge in [0.15, 0.2) is 11.5 Å². The standard InChI is InChI=1S/C12H15BrN4/c1-16-6-4-9(8-16)7-11-14-12-10(13)3-2-5-17(12)15-11/h2-3,5,9H,4,6-8H2,1H3. The van der Waals surface area contributed by atoms with E-state index in [1.807, 2.05) is 22.8 Å². The minimum atomic E-state index is 0.705. The van der Waals surface area contributed by atoms with Crippen molar-refractivity contribution in [3.05, 3.63) is 28.6 Å². The molecule has 1 fully saturated rings. The number of aromatic nitrogens is 3. The molecule has 90 valence electrons. The molecule has 3 heterocycles. The molecule has 0 aromatic carbocycles. The maximum absolute atomic E-state index is 4.59. The molecular weight excluding hydrogens is 280 g/mol. The van der Waals surface area contributed by atoms with Gasteiger partial charge in [0, 0.05) is 19.2 Å². The molecule has 1 saturated heterocycles. The van der Waals surface area contributed by atoms with E-state index in [1.54, 1.807) is 0 Å².